The van der Waals surface area contributed by atoms with Crippen LogP contribution in [0.3, 0.4) is 0 Å². The van der Waals surface area contributed by atoms with Gasteiger partial charge < -0.3 is 10.1 Å². The molecule has 0 bridgehead atoms. The van der Waals surface area contributed by atoms with Gasteiger partial charge in [-0.2, -0.15) is 0 Å². The van der Waals surface area contributed by atoms with E-state index < -0.39 is 0 Å². The third kappa shape index (κ3) is 5.56. The number of halogens is 1. The van der Waals surface area contributed by atoms with Crippen LogP contribution in [0.1, 0.15) is 17.5 Å². The van der Waals surface area contributed by atoms with Crippen molar-refractivity contribution in [1.29, 1.82) is 0 Å². The number of amides is 1. The van der Waals surface area contributed by atoms with Gasteiger partial charge in [-0.3, -0.25) is 4.79 Å². The Morgan fingerprint density at radius 2 is 1.77 bits per heavy atom. The minimum absolute atomic E-state index is 0.0307. The van der Waals surface area contributed by atoms with Gasteiger partial charge in [0.15, 0.2) is 0 Å². The van der Waals surface area contributed by atoms with Crippen LogP contribution < -0.4 is 10.1 Å². The van der Waals surface area contributed by atoms with Gasteiger partial charge in [0.1, 0.15) is 18.2 Å². The molecule has 0 fully saturated rings. The van der Waals surface area contributed by atoms with E-state index in [4.69, 9.17) is 4.74 Å². The Morgan fingerprint density at radius 3 is 2.45 bits per heavy atom. The van der Waals surface area contributed by atoms with Crippen molar-refractivity contribution in [3.05, 3.63) is 65.5 Å². The highest BCUT2D eigenvalue weighted by molar-refractivity contribution is 5.76. The van der Waals surface area contributed by atoms with E-state index in [2.05, 4.69) is 5.32 Å². The number of aryl methyl sites for hydroxylation is 2. The molecule has 0 heterocycles. The minimum Gasteiger partial charge on any atom is -0.492 e. The highest BCUT2D eigenvalue weighted by atomic mass is 19.1. The smallest absolute Gasteiger partial charge is 0.220 e. The van der Waals surface area contributed by atoms with E-state index in [-0.39, 0.29) is 11.7 Å². The summed E-state index contributed by atoms with van der Waals surface area (Å²) in [5, 5.41) is 2.81. The van der Waals surface area contributed by atoms with Gasteiger partial charge in [-0.15, -0.1) is 0 Å². The van der Waals surface area contributed by atoms with Crippen LogP contribution in [-0.4, -0.2) is 19.1 Å². The van der Waals surface area contributed by atoms with Crippen molar-refractivity contribution in [2.75, 3.05) is 13.2 Å². The van der Waals surface area contributed by atoms with Crippen molar-refractivity contribution in [3.63, 3.8) is 0 Å². The molecule has 22 heavy (non-hydrogen) atoms. The zero-order valence-electron chi connectivity index (χ0n) is 12.6. The summed E-state index contributed by atoms with van der Waals surface area (Å²) in [6.45, 7) is 2.92. The third-order valence-corrected chi connectivity index (χ3v) is 3.27. The molecule has 1 amide bonds. The summed E-state index contributed by atoms with van der Waals surface area (Å²) in [7, 11) is 0. The van der Waals surface area contributed by atoms with Gasteiger partial charge in [0, 0.05) is 6.42 Å². The Morgan fingerprint density at radius 1 is 1.09 bits per heavy atom. The maximum Gasteiger partial charge on any atom is 0.220 e. The average Bonchev–Trinajstić information content (AvgIpc) is 2.53. The zero-order valence-corrected chi connectivity index (χ0v) is 12.6. The Bertz CT molecular complexity index is 593. The van der Waals surface area contributed by atoms with Crippen LogP contribution in [-0.2, 0) is 11.2 Å². The molecule has 0 aromatic heterocycles. The summed E-state index contributed by atoms with van der Waals surface area (Å²) in [6, 6.07) is 14.0. The first kappa shape index (κ1) is 16.0. The Kier molecular flexibility index (Phi) is 5.95. The summed E-state index contributed by atoms with van der Waals surface area (Å²) in [5.74, 6) is 0.504. The summed E-state index contributed by atoms with van der Waals surface area (Å²) >= 11 is 0. The van der Waals surface area contributed by atoms with E-state index in [1.54, 1.807) is 12.1 Å². The third-order valence-electron chi connectivity index (χ3n) is 3.27. The second-order valence-electron chi connectivity index (χ2n) is 5.14. The van der Waals surface area contributed by atoms with E-state index in [0.717, 1.165) is 11.3 Å². The SMILES string of the molecule is Cc1ccc(OCCNC(=O)CCc2ccc(F)cc2)cc1. The molecule has 0 aliphatic carbocycles. The Balaban J connectivity index is 1.61. The molecule has 0 aliphatic heterocycles. The monoisotopic (exact) mass is 301 g/mol. The Labute approximate surface area is 130 Å². The maximum atomic E-state index is 12.8. The second kappa shape index (κ2) is 8.17. The molecule has 0 radical (unpaired) electrons. The average molecular weight is 301 g/mol. The van der Waals surface area contributed by atoms with Crippen molar-refractivity contribution >= 4 is 5.91 Å². The number of carbonyl (C=O) groups is 1. The lowest BCUT2D eigenvalue weighted by Crippen LogP contribution is -2.28. The van der Waals surface area contributed by atoms with E-state index in [1.165, 1.54) is 17.7 Å². The molecule has 2 aromatic carbocycles. The van der Waals surface area contributed by atoms with Crippen molar-refractivity contribution < 1.29 is 13.9 Å². The van der Waals surface area contributed by atoms with Gasteiger partial charge in [-0.1, -0.05) is 29.8 Å². The molecule has 0 aliphatic rings. The van der Waals surface area contributed by atoms with E-state index in [0.29, 0.717) is 26.0 Å². The van der Waals surface area contributed by atoms with E-state index >= 15 is 0 Å². The second-order valence-corrected chi connectivity index (χ2v) is 5.14. The maximum absolute atomic E-state index is 12.8. The largest absolute Gasteiger partial charge is 0.492 e. The fourth-order valence-corrected chi connectivity index (χ4v) is 1.99. The number of nitrogens with one attached hydrogen (secondary N) is 1. The predicted octanol–water partition coefficient (Wildman–Crippen LogP) is 3.26. The first-order chi connectivity index (χ1) is 10.6. The molecular weight excluding hydrogens is 281 g/mol. The van der Waals surface area contributed by atoms with Gasteiger partial charge in [0.05, 0.1) is 6.54 Å². The van der Waals surface area contributed by atoms with Crippen molar-refractivity contribution in [2.45, 2.75) is 19.8 Å². The molecule has 0 atom stereocenters. The summed E-state index contributed by atoms with van der Waals surface area (Å²) in [4.78, 5) is 11.7. The summed E-state index contributed by atoms with van der Waals surface area (Å²) < 4.78 is 18.3. The van der Waals surface area contributed by atoms with Crippen LogP contribution >= 0.6 is 0 Å². The van der Waals surface area contributed by atoms with E-state index in [1.807, 2.05) is 31.2 Å². The van der Waals surface area contributed by atoms with Crippen molar-refractivity contribution in [3.8, 4) is 5.75 Å². The first-order valence-corrected chi connectivity index (χ1v) is 7.34. The number of rotatable bonds is 7. The lowest BCUT2D eigenvalue weighted by atomic mass is 10.1. The number of carbonyl (C=O) groups excluding carboxylic acids is 1. The van der Waals surface area contributed by atoms with Gasteiger partial charge in [0.2, 0.25) is 5.91 Å². The zero-order chi connectivity index (χ0) is 15.8. The molecule has 3 nitrogen and oxygen atoms in total. The Hall–Kier alpha value is -2.36. The molecule has 1 N–H and O–H groups in total. The molecule has 116 valence electrons. The topological polar surface area (TPSA) is 38.3 Å². The summed E-state index contributed by atoms with van der Waals surface area (Å²) in [6.07, 6.45) is 0.987. The molecule has 2 rings (SSSR count). The molecular formula is C18H20FNO2. The van der Waals surface area contributed by atoms with Crippen molar-refractivity contribution in [1.82, 2.24) is 5.32 Å². The molecule has 0 spiro atoms. The molecule has 0 saturated heterocycles. The van der Waals surface area contributed by atoms with Crippen LogP contribution in [0.15, 0.2) is 48.5 Å². The number of hydrogen-bond acceptors (Lipinski definition) is 2. The fraction of sp³-hybridized carbons (Fsp3) is 0.278. The summed E-state index contributed by atoms with van der Waals surface area (Å²) in [5.41, 5.74) is 2.13. The predicted molar refractivity (Wildman–Crippen MR) is 84.4 cm³/mol. The van der Waals surface area contributed by atoms with Crippen LogP contribution in [0.2, 0.25) is 0 Å². The van der Waals surface area contributed by atoms with Gasteiger partial charge in [-0.25, -0.2) is 4.39 Å². The first-order valence-electron chi connectivity index (χ1n) is 7.34. The fourth-order valence-electron chi connectivity index (χ4n) is 1.99. The molecule has 0 unspecified atom stereocenters. The molecule has 2 aromatic rings. The number of hydrogen-bond donors (Lipinski definition) is 1. The van der Waals surface area contributed by atoms with Gasteiger partial charge >= 0.3 is 0 Å². The van der Waals surface area contributed by atoms with Crippen LogP contribution in [0.25, 0.3) is 0 Å². The van der Waals surface area contributed by atoms with E-state index in [9.17, 15) is 9.18 Å². The quantitative estimate of drug-likeness (QED) is 0.797. The lowest BCUT2D eigenvalue weighted by molar-refractivity contribution is -0.121. The van der Waals surface area contributed by atoms with Crippen LogP contribution in [0.4, 0.5) is 4.39 Å². The number of ether oxygens (including phenoxy) is 1. The molecule has 0 saturated carbocycles. The van der Waals surface area contributed by atoms with Crippen molar-refractivity contribution in [2.24, 2.45) is 0 Å². The normalized spacial score (nSPS) is 10.3. The van der Waals surface area contributed by atoms with Crippen LogP contribution in [0, 0.1) is 12.7 Å². The molecule has 4 heteroatoms. The lowest BCUT2D eigenvalue weighted by Gasteiger charge is -2.08. The van der Waals surface area contributed by atoms with Crippen LogP contribution in [0.5, 0.6) is 5.75 Å². The standard InChI is InChI=1S/C18H20FNO2/c1-14-2-9-17(10-3-14)22-13-12-20-18(21)11-6-15-4-7-16(19)8-5-15/h2-5,7-10H,6,11-13H2,1H3,(H,20,21). The highest BCUT2D eigenvalue weighted by Gasteiger charge is 2.02. The van der Waals surface area contributed by atoms with Gasteiger partial charge in [0.25, 0.3) is 0 Å². The van der Waals surface area contributed by atoms with Gasteiger partial charge in [-0.05, 0) is 43.2 Å². The highest BCUT2D eigenvalue weighted by Crippen LogP contribution is 2.10. The number of benzene rings is 2. The minimum atomic E-state index is -0.263.